The van der Waals surface area contributed by atoms with E-state index < -0.39 is 0 Å². The molecular weight excluding hydrogens is 323 g/mol. The monoisotopic (exact) mass is 344 g/mol. The Morgan fingerprint density at radius 2 is 1.72 bits per heavy atom. The normalized spacial score (nSPS) is 13.6. The van der Waals surface area contributed by atoms with Crippen molar-refractivity contribution in [3.8, 4) is 17.2 Å². The summed E-state index contributed by atoms with van der Waals surface area (Å²) in [5.41, 5.74) is 1.12. The van der Waals surface area contributed by atoms with E-state index in [0.29, 0.717) is 35.2 Å². The number of amidine groups is 1. The minimum Gasteiger partial charge on any atom is -0.496 e. The Hall–Kier alpha value is -2.76. The molecule has 2 aromatic rings. The van der Waals surface area contributed by atoms with Crippen molar-refractivity contribution in [1.82, 2.24) is 5.32 Å². The number of nitrogens with one attached hydrogen (secondary N) is 1. The van der Waals surface area contributed by atoms with Crippen LogP contribution in [-0.4, -0.2) is 33.1 Å². The zero-order chi connectivity index (χ0) is 17.6. The van der Waals surface area contributed by atoms with E-state index in [1.807, 2.05) is 18.2 Å². The van der Waals surface area contributed by atoms with Gasteiger partial charge in [-0.05, 0) is 30.7 Å². The van der Waals surface area contributed by atoms with Gasteiger partial charge in [0.25, 0.3) is 0 Å². The summed E-state index contributed by atoms with van der Waals surface area (Å²) in [6.07, 6.45) is 0.937. The van der Waals surface area contributed by atoms with Gasteiger partial charge in [-0.2, -0.15) is 0 Å². The van der Waals surface area contributed by atoms with Crippen LogP contribution in [0.25, 0.3) is 0 Å². The molecule has 1 N–H and O–H groups in total. The predicted molar refractivity (Wildman–Crippen MR) is 94.3 cm³/mol. The van der Waals surface area contributed by atoms with E-state index in [4.69, 9.17) is 14.2 Å². The van der Waals surface area contributed by atoms with Crippen LogP contribution in [0.5, 0.6) is 17.2 Å². The third-order valence-corrected chi connectivity index (χ3v) is 4.01. The van der Waals surface area contributed by atoms with Gasteiger partial charge in [0.2, 0.25) is 0 Å². The zero-order valence-electron chi connectivity index (χ0n) is 14.3. The Kier molecular flexibility index (Phi) is 5.38. The first-order chi connectivity index (χ1) is 12.2. The lowest BCUT2D eigenvalue weighted by molar-refractivity contribution is 0.284. The van der Waals surface area contributed by atoms with Crippen LogP contribution in [0.1, 0.15) is 17.5 Å². The second-order valence-corrected chi connectivity index (χ2v) is 5.55. The summed E-state index contributed by atoms with van der Waals surface area (Å²) in [5.74, 6) is 1.92. The summed E-state index contributed by atoms with van der Waals surface area (Å²) in [5, 5.41) is 3.14. The predicted octanol–water partition coefficient (Wildman–Crippen LogP) is 3.16. The van der Waals surface area contributed by atoms with Gasteiger partial charge in [-0.1, -0.05) is 12.1 Å². The molecule has 3 rings (SSSR count). The molecule has 0 unspecified atom stereocenters. The van der Waals surface area contributed by atoms with Gasteiger partial charge >= 0.3 is 0 Å². The molecule has 1 aliphatic heterocycles. The average molecular weight is 344 g/mol. The van der Waals surface area contributed by atoms with Gasteiger partial charge in [-0.25, -0.2) is 4.39 Å². The lowest BCUT2D eigenvalue weighted by atomic mass is 10.1. The summed E-state index contributed by atoms with van der Waals surface area (Å²) in [6.45, 7) is 1.64. The lowest BCUT2D eigenvalue weighted by Crippen LogP contribution is -2.31. The molecule has 0 saturated heterocycles. The molecule has 5 nitrogen and oxygen atoms in total. The highest BCUT2D eigenvalue weighted by atomic mass is 19.1. The number of rotatable bonds is 6. The van der Waals surface area contributed by atoms with Crippen LogP contribution in [0.2, 0.25) is 0 Å². The van der Waals surface area contributed by atoms with E-state index in [1.165, 1.54) is 6.07 Å². The Morgan fingerprint density at radius 3 is 2.36 bits per heavy atom. The number of aliphatic imine (C=N–C) groups is 1. The van der Waals surface area contributed by atoms with E-state index in [-0.39, 0.29) is 12.4 Å². The summed E-state index contributed by atoms with van der Waals surface area (Å²) in [6, 6.07) is 10.3. The minimum absolute atomic E-state index is 0.191. The molecular formula is C19H21FN2O3. The van der Waals surface area contributed by atoms with Crippen molar-refractivity contribution in [3.63, 3.8) is 0 Å². The van der Waals surface area contributed by atoms with Gasteiger partial charge in [0.05, 0.1) is 25.3 Å². The second-order valence-electron chi connectivity index (χ2n) is 5.55. The van der Waals surface area contributed by atoms with Crippen LogP contribution in [0, 0.1) is 5.82 Å². The average Bonchev–Trinajstić information content (AvgIpc) is 2.66. The van der Waals surface area contributed by atoms with E-state index in [0.717, 1.165) is 18.5 Å². The van der Waals surface area contributed by atoms with Crippen molar-refractivity contribution in [3.05, 3.63) is 53.3 Å². The first-order valence-corrected chi connectivity index (χ1v) is 8.14. The highest BCUT2D eigenvalue weighted by molar-refractivity contribution is 6.01. The SMILES string of the molecule is COc1cccc(OC)c1COc1cccc(F)c1C1=NCCCN1. The van der Waals surface area contributed by atoms with Crippen molar-refractivity contribution in [2.75, 3.05) is 27.3 Å². The van der Waals surface area contributed by atoms with Crippen LogP contribution in [-0.2, 0) is 6.61 Å². The minimum atomic E-state index is -0.363. The molecule has 0 aromatic heterocycles. The molecule has 25 heavy (non-hydrogen) atoms. The fourth-order valence-corrected chi connectivity index (χ4v) is 2.77. The van der Waals surface area contributed by atoms with E-state index in [1.54, 1.807) is 26.4 Å². The largest absolute Gasteiger partial charge is 0.496 e. The van der Waals surface area contributed by atoms with Gasteiger partial charge < -0.3 is 19.5 Å². The molecule has 1 heterocycles. The van der Waals surface area contributed by atoms with Crippen molar-refractivity contribution in [1.29, 1.82) is 0 Å². The molecule has 0 fully saturated rings. The first kappa shape index (κ1) is 17.1. The Labute approximate surface area is 146 Å². The molecule has 0 bridgehead atoms. The van der Waals surface area contributed by atoms with Crippen LogP contribution in [0.15, 0.2) is 41.4 Å². The number of halogens is 1. The number of nitrogens with zero attached hydrogens (tertiary/aromatic N) is 1. The van der Waals surface area contributed by atoms with E-state index in [9.17, 15) is 4.39 Å². The number of hydrogen-bond acceptors (Lipinski definition) is 5. The van der Waals surface area contributed by atoms with Crippen LogP contribution in [0.3, 0.4) is 0 Å². The third kappa shape index (κ3) is 3.68. The molecule has 6 heteroatoms. The summed E-state index contributed by atoms with van der Waals surface area (Å²) in [7, 11) is 3.18. The standard InChI is InChI=1S/C19H21FN2O3/c1-23-15-7-4-8-16(24-2)13(15)12-25-17-9-3-6-14(20)18(17)19-21-10-5-11-22-19/h3-4,6-9H,5,10-12H2,1-2H3,(H,21,22). The summed E-state index contributed by atoms with van der Waals surface area (Å²) in [4.78, 5) is 4.38. The molecule has 0 radical (unpaired) electrons. The number of methoxy groups -OCH3 is 2. The van der Waals surface area contributed by atoms with Crippen LogP contribution < -0.4 is 19.5 Å². The Morgan fingerprint density at radius 1 is 1.04 bits per heavy atom. The van der Waals surface area contributed by atoms with Gasteiger partial charge in [0.15, 0.2) is 0 Å². The summed E-state index contributed by atoms with van der Waals surface area (Å²) < 4.78 is 31.1. The number of hydrogen-bond donors (Lipinski definition) is 1. The summed E-state index contributed by atoms with van der Waals surface area (Å²) >= 11 is 0. The molecule has 132 valence electrons. The van der Waals surface area contributed by atoms with Crippen LogP contribution >= 0.6 is 0 Å². The van der Waals surface area contributed by atoms with Crippen LogP contribution in [0.4, 0.5) is 4.39 Å². The van der Waals surface area contributed by atoms with Crippen molar-refractivity contribution >= 4 is 5.84 Å². The molecule has 0 spiro atoms. The highest BCUT2D eigenvalue weighted by Crippen LogP contribution is 2.31. The molecule has 0 amide bonds. The maximum atomic E-state index is 14.4. The molecule has 0 aliphatic carbocycles. The molecule has 0 atom stereocenters. The fourth-order valence-electron chi connectivity index (χ4n) is 2.77. The van der Waals surface area contributed by atoms with E-state index in [2.05, 4.69) is 10.3 Å². The van der Waals surface area contributed by atoms with Crippen molar-refractivity contribution in [2.45, 2.75) is 13.0 Å². The maximum Gasteiger partial charge on any atom is 0.137 e. The van der Waals surface area contributed by atoms with Gasteiger partial charge in [-0.15, -0.1) is 0 Å². The molecule has 0 saturated carbocycles. The smallest absolute Gasteiger partial charge is 0.137 e. The quantitative estimate of drug-likeness (QED) is 0.875. The fraction of sp³-hybridized carbons (Fsp3) is 0.316. The maximum absolute atomic E-state index is 14.4. The molecule has 1 aliphatic rings. The number of benzene rings is 2. The Bertz CT molecular complexity index is 755. The Balaban J connectivity index is 1.90. The van der Waals surface area contributed by atoms with Gasteiger partial charge in [0.1, 0.15) is 35.5 Å². The zero-order valence-corrected chi connectivity index (χ0v) is 14.3. The van der Waals surface area contributed by atoms with Crippen molar-refractivity contribution in [2.24, 2.45) is 4.99 Å². The number of ether oxygens (including phenoxy) is 3. The van der Waals surface area contributed by atoms with Gasteiger partial charge in [0, 0.05) is 13.1 Å². The van der Waals surface area contributed by atoms with Crippen molar-refractivity contribution < 1.29 is 18.6 Å². The van der Waals surface area contributed by atoms with Gasteiger partial charge in [-0.3, -0.25) is 4.99 Å². The topological polar surface area (TPSA) is 52.1 Å². The highest BCUT2D eigenvalue weighted by Gasteiger charge is 2.19. The molecule has 2 aromatic carbocycles. The second kappa shape index (κ2) is 7.88. The lowest BCUT2D eigenvalue weighted by Gasteiger charge is -2.19. The third-order valence-electron chi connectivity index (χ3n) is 4.01. The van der Waals surface area contributed by atoms with E-state index >= 15 is 0 Å². The first-order valence-electron chi connectivity index (χ1n) is 8.14.